The molecule has 0 spiro atoms. The van der Waals surface area contributed by atoms with Crippen LogP contribution >= 0.6 is 31.9 Å². The Kier molecular flexibility index (Phi) is 3.08. The van der Waals surface area contributed by atoms with Crippen molar-refractivity contribution in [2.24, 2.45) is 0 Å². The topological polar surface area (TPSA) is 20.2 Å². The molecule has 0 aromatic carbocycles. The molecular formula is C3H4Br2O. The van der Waals surface area contributed by atoms with Crippen molar-refractivity contribution in [1.29, 1.82) is 0 Å². The Bertz CT molecular complexity index is 59.8. The number of aliphatic hydroxyl groups excluding tert-OH is 1. The minimum Gasteiger partial charge on any atom is -0.377 e. The summed E-state index contributed by atoms with van der Waals surface area (Å²) in [6.07, 6.45) is 0. The molecule has 0 aliphatic rings. The zero-order valence-electron chi connectivity index (χ0n) is 2.99. The van der Waals surface area contributed by atoms with Crippen LogP contribution in [0.5, 0.6) is 0 Å². The minimum atomic E-state index is -0.613. The predicted molar refractivity (Wildman–Crippen MR) is 33.0 cm³/mol. The first-order valence-corrected chi connectivity index (χ1v) is 3.02. The second kappa shape index (κ2) is 2.77. The normalized spacial score (nSPS) is 13.8. The molecule has 3 heteroatoms. The predicted octanol–water partition coefficient (Wildman–Crippen LogP) is 1.61. The van der Waals surface area contributed by atoms with Gasteiger partial charge in [0.05, 0.1) is 0 Å². The largest absolute Gasteiger partial charge is 0.377 e. The van der Waals surface area contributed by atoms with Gasteiger partial charge >= 0.3 is 0 Å². The Morgan fingerprint density at radius 2 is 2.00 bits per heavy atom. The number of aliphatic hydroxyl groups is 1. The van der Waals surface area contributed by atoms with Crippen LogP contribution in [0.4, 0.5) is 0 Å². The van der Waals surface area contributed by atoms with Gasteiger partial charge in [0.1, 0.15) is 5.01 Å². The Balaban J connectivity index is 3.26. The van der Waals surface area contributed by atoms with Gasteiger partial charge in [-0.25, -0.2) is 0 Å². The second-order valence-electron chi connectivity index (χ2n) is 0.783. The standard InChI is InChI=1S/C3H4Br2O/c1-2(4)3(5)6/h3,6H,1H2. The maximum absolute atomic E-state index is 8.40. The SMILES string of the molecule is C=C(Br)C(O)Br. The van der Waals surface area contributed by atoms with Crippen molar-refractivity contribution in [2.75, 3.05) is 0 Å². The fourth-order valence-corrected chi connectivity index (χ4v) is 0. The third-order valence-corrected chi connectivity index (χ3v) is 1.86. The third-order valence-electron chi connectivity index (χ3n) is 0.258. The molecule has 0 rings (SSSR count). The molecule has 0 bridgehead atoms. The second-order valence-corrected chi connectivity index (χ2v) is 2.67. The smallest absolute Gasteiger partial charge is 0.140 e. The van der Waals surface area contributed by atoms with Gasteiger partial charge in [-0.3, -0.25) is 0 Å². The van der Waals surface area contributed by atoms with E-state index in [1.54, 1.807) is 0 Å². The first-order valence-electron chi connectivity index (χ1n) is 1.31. The molecule has 0 fully saturated rings. The molecule has 36 valence electrons. The van der Waals surface area contributed by atoms with Crippen molar-refractivity contribution in [3.8, 4) is 0 Å². The number of rotatable bonds is 1. The molecule has 1 atom stereocenters. The van der Waals surface area contributed by atoms with Gasteiger partial charge in [-0.1, -0.05) is 38.4 Å². The van der Waals surface area contributed by atoms with Crippen molar-refractivity contribution in [2.45, 2.75) is 5.01 Å². The lowest BCUT2D eigenvalue weighted by Gasteiger charge is -1.92. The van der Waals surface area contributed by atoms with E-state index in [-0.39, 0.29) is 0 Å². The van der Waals surface area contributed by atoms with Gasteiger partial charge in [0.25, 0.3) is 0 Å². The molecule has 0 aliphatic heterocycles. The summed E-state index contributed by atoms with van der Waals surface area (Å²) in [6.45, 7) is 3.37. The van der Waals surface area contributed by atoms with Gasteiger partial charge in [-0.2, -0.15) is 0 Å². The van der Waals surface area contributed by atoms with Crippen LogP contribution < -0.4 is 0 Å². The number of hydrogen-bond donors (Lipinski definition) is 1. The summed E-state index contributed by atoms with van der Waals surface area (Å²) in [5.41, 5.74) is 0. The fraction of sp³-hybridized carbons (Fsp3) is 0.333. The van der Waals surface area contributed by atoms with E-state index in [2.05, 4.69) is 38.4 Å². The molecule has 0 aromatic heterocycles. The Labute approximate surface area is 53.3 Å². The first-order chi connectivity index (χ1) is 2.64. The van der Waals surface area contributed by atoms with E-state index in [0.717, 1.165) is 0 Å². The van der Waals surface area contributed by atoms with Gasteiger partial charge in [0.2, 0.25) is 0 Å². The van der Waals surface area contributed by atoms with E-state index in [0.29, 0.717) is 4.48 Å². The molecule has 0 amide bonds. The molecule has 0 aliphatic carbocycles. The van der Waals surface area contributed by atoms with Crippen LogP contribution in [0.25, 0.3) is 0 Å². The molecular weight excluding hydrogens is 212 g/mol. The zero-order valence-corrected chi connectivity index (χ0v) is 6.16. The fourth-order valence-electron chi connectivity index (χ4n) is 0. The summed E-state index contributed by atoms with van der Waals surface area (Å²) >= 11 is 5.80. The van der Waals surface area contributed by atoms with E-state index in [9.17, 15) is 0 Å². The number of hydrogen-bond acceptors (Lipinski definition) is 1. The van der Waals surface area contributed by atoms with E-state index < -0.39 is 5.01 Å². The summed E-state index contributed by atoms with van der Waals surface area (Å²) in [4.78, 5) is 0. The maximum atomic E-state index is 8.40. The summed E-state index contributed by atoms with van der Waals surface area (Å²) in [5, 5.41) is 7.79. The summed E-state index contributed by atoms with van der Waals surface area (Å²) in [7, 11) is 0. The lowest BCUT2D eigenvalue weighted by Crippen LogP contribution is -1.89. The van der Waals surface area contributed by atoms with Gasteiger partial charge < -0.3 is 5.11 Å². The average Bonchev–Trinajstić information content (AvgIpc) is 1.36. The Morgan fingerprint density at radius 3 is 2.00 bits per heavy atom. The first kappa shape index (κ1) is 6.66. The Morgan fingerprint density at radius 1 is 1.83 bits per heavy atom. The quantitative estimate of drug-likeness (QED) is 0.660. The van der Waals surface area contributed by atoms with Gasteiger partial charge in [-0.15, -0.1) is 0 Å². The highest BCUT2D eigenvalue weighted by Gasteiger charge is 1.94. The van der Waals surface area contributed by atoms with Crippen LogP contribution in [0.15, 0.2) is 11.1 Å². The molecule has 6 heavy (non-hydrogen) atoms. The van der Waals surface area contributed by atoms with Crippen LogP contribution in [0, 0.1) is 0 Å². The minimum absolute atomic E-state index is 0.544. The highest BCUT2D eigenvalue weighted by molar-refractivity contribution is 9.14. The number of halogens is 2. The summed E-state index contributed by atoms with van der Waals surface area (Å²) < 4.78 is 0.544. The lowest BCUT2D eigenvalue weighted by molar-refractivity contribution is 0.314. The van der Waals surface area contributed by atoms with E-state index in [4.69, 9.17) is 5.11 Å². The maximum Gasteiger partial charge on any atom is 0.140 e. The van der Waals surface area contributed by atoms with Crippen molar-refractivity contribution >= 4 is 31.9 Å². The molecule has 0 saturated heterocycles. The zero-order chi connectivity index (χ0) is 5.15. The third kappa shape index (κ3) is 2.87. The van der Waals surface area contributed by atoms with Crippen LogP contribution in [0.3, 0.4) is 0 Å². The van der Waals surface area contributed by atoms with Gasteiger partial charge in [0.15, 0.2) is 0 Å². The van der Waals surface area contributed by atoms with Crippen molar-refractivity contribution in [1.82, 2.24) is 0 Å². The van der Waals surface area contributed by atoms with Crippen LogP contribution in [0.1, 0.15) is 0 Å². The molecule has 0 aromatic rings. The van der Waals surface area contributed by atoms with Gasteiger partial charge in [-0.05, 0) is 0 Å². The number of alkyl halides is 1. The lowest BCUT2D eigenvalue weighted by atomic mass is 10.7. The highest BCUT2D eigenvalue weighted by atomic mass is 79.9. The van der Waals surface area contributed by atoms with Crippen molar-refractivity contribution in [3.05, 3.63) is 11.1 Å². The molecule has 0 radical (unpaired) electrons. The van der Waals surface area contributed by atoms with Crippen LogP contribution in [-0.2, 0) is 0 Å². The van der Waals surface area contributed by atoms with Crippen LogP contribution in [-0.4, -0.2) is 10.1 Å². The highest BCUT2D eigenvalue weighted by Crippen LogP contribution is 2.11. The molecule has 1 nitrogen and oxygen atoms in total. The van der Waals surface area contributed by atoms with Crippen molar-refractivity contribution in [3.63, 3.8) is 0 Å². The van der Waals surface area contributed by atoms with Gasteiger partial charge in [0, 0.05) is 4.48 Å². The molecule has 0 saturated carbocycles. The molecule has 0 heterocycles. The molecule has 1 unspecified atom stereocenters. The van der Waals surface area contributed by atoms with E-state index in [1.165, 1.54) is 0 Å². The van der Waals surface area contributed by atoms with Crippen LogP contribution in [0.2, 0.25) is 0 Å². The Hall–Kier alpha value is 0.660. The molecule has 1 N–H and O–H groups in total. The van der Waals surface area contributed by atoms with Crippen molar-refractivity contribution < 1.29 is 5.11 Å². The monoisotopic (exact) mass is 214 g/mol. The van der Waals surface area contributed by atoms with E-state index >= 15 is 0 Å². The average molecular weight is 216 g/mol. The van der Waals surface area contributed by atoms with E-state index in [1.807, 2.05) is 0 Å². The summed E-state index contributed by atoms with van der Waals surface area (Å²) in [6, 6.07) is 0. The summed E-state index contributed by atoms with van der Waals surface area (Å²) in [5.74, 6) is 0.